The molecule has 2 heteroatoms. The Labute approximate surface area is 137 Å². The van der Waals surface area contributed by atoms with E-state index in [4.69, 9.17) is 9.47 Å². The zero-order chi connectivity index (χ0) is 15.7. The molecule has 0 unspecified atom stereocenters. The zero-order valence-corrected chi connectivity index (χ0v) is 13.5. The fourth-order valence-corrected chi connectivity index (χ4v) is 3.46. The van der Waals surface area contributed by atoms with Gasteiger partial charge in [-0.25, -0.2) is 0 Å². The normalized spacial score (nSPS) is 26.5. The molecular formula is C21H22O2. The quantitative estimate of drug-likeness (QED) is 0.577. The molecule has 2 aromatic carbocycles. The molecule has 4 rings (SSSR count). The molecule has 0 aromatic heterocycles. The van der Waals surface area contributed by atoms with Gasteiger partial charge in [0.2, 0.25) is 0 Å². The summed E-state index contributed by atoms with van der Waals surface area (Å²) in [5, 5.41) is 0. The molecule has 2 aliphatic rings. The van der Waals surface area contributed by atoms with Crippen molar-refractivity contribution in [2.24, 2.45) is 0 Å². The molecule has 0 spiro atoms. The van der Waals surface area contributed by atoms with Gasteiger partial charge in [0.1, 0.15) is 11.5 Å². The molecule has 1 aliphatic carbocycles. The van der Waals surface area contributed by atoms with E-state index in [1.165, 1.54) is 18.4 Å². The molecule has 118 valence electrons. The largest absolute Gasteiger partial charge is 0.459 e. The van der Waals surface area contributed by atoms with Gasteiger partial charge in [-0.15, -0.1) is 0 Å². The van der Waals surface area contributed by atoms with Gasteiger partial charge in [0.05, 0.1) is 6.10 Å². The summed E-state index contributed by atoms with van der Waals surface area (Å²) >= 11 is 0. The lowest BCUT2D eigenvalue weighted by Crippen LogP contribution is -2.25. The van der Waals surface area contributed by atoms with Gasteiger partial charge in [0.15, 0.2) is 5.60 Å². The number of rotatable bonds is 4. The van der Waals surface area contributed by atoms with Crippen LogP contribution in [-0.4, -0.2) is 11.7 Å². The van der Waals surface area contributed by atoms with Crippen LogP contribution in [0.1, 0.15) is 36.8 Å². The van der Waals surface area contributed by atoms with Crippen molar-refractivity contribution in [3.63, 3.8) is 0 Å². The monoisotopic (exact) mass is 306 g/mol. The number of ether oxygens (including phenoxy) is 2. The molecule has 2 aromatic rings. The van der Waals surface area contributed by atoms with Gasteiger partial charge >= 0.3 is 0 Å². The Hall–Kier alpha value is -2.06. The standard InChI is InChI=1S/C21H22O2/c1-16-10-12-18(13-11-16)22-20(15-17-7-3-2-4-8-17)21-14-6-5-9-19(21)23-21/h2-4,7-8,10-13,15,19H,5-6,9,14H2,1H3/b20-15-/t19-,21+/m1/s1. The van der Waals surface area contributed by atoms with Crippen LogP contribution in [0.5, 0.6) is 5.75 Å². The van der Waals surface area contributed by atoms with E-state index in [9.17, 15) is 0 Å². The second kappa shape index (κ2) is 5.86. The fourth-order valence-electron chi connectivity index (χ4n) is 3.46. The second-order valence-corrected chi connectivity index (χ2v) is 6.58. The van der Waals surface area contributed by atoms with Crippen LogP contribution in [0.4, 0.5) is 0 Å². The Morgan fingerprint density at radius 3 is 2.61 bits per heavy atom. The fraction of sp³-hybridized carbons (Fsp3) is 0.333. The lowest BCUT2D eigenvalue weighted by molar-refractivity contribution is 0.250. The molecule has 0 bridgehead atoms. The third-order valence-electron chi connectivity index (χ3n) is 4.84. The summed E-state index contributed by atoms with van der Waals surface area (Å²) in [4.78, 5) is 0. The molecule has 2 fully saturated rings. The molecule has 1 saturated carbocycles. The number of hydrogen-bond donors (Lipinski definition) is 0. The average Bonchev–Trinajstić information content (AvgIpc) is 3.33. The summed E-state index contributed by atoms with van der Waals surface area (Å²) < 4.78 is 12.4. The topological polar surface area (TPSA) is 21.8 Å². The number of epoxide rings is 1. The molecule has 0 amide bonds. The van der Waals surface area contributed by atoms with Gasteiger partial charge < -0.3 is 9.47 Å². The Bertz CT molecular complexity index is 702. The predicted molar refractivity (Wildman–Crippen MR) is 92.3 cm³/mol. The Balaban J connectivity index is 1.67. The molecule has 0 N–H and O–H groups in total. The van der Waals surface area contributed by atoms with Crippen molar-refractivity contribution in [2.45, 2.75) is 44.3 Å². The predicted octanol–water partition coefficient (Wildman–Crippen LogP) is 5.13. The second-order valence-electron chi connectivity index (χ2n) is 6.58. The van der Waals surface area contributed by atoms with E-state index in [0.29, 0.717) is 6.10 Å². The molecule has 2 atom stereocenters. The van der Waals surface area contributed by atoms with Crippen LogP contribution in [0.2, 0.25) is 0 Å². The Morgan fingerprint density at radius 2 is 1.87 bits per heavy atom. The smallest absolute Gasteiger partial charge is 0.152 e. The molecule has 1 heterocycles. The van der Waals surface area contributed by atoms with Gasteiger partial charge in [0.25, 0.3) is 0 Å². The third-order valence-corrected chi connectivity index (χ3v) is 4.84. The van der Waals surface area contributed by atoms with Gasteiger partial charge in [0, 0.05) is 0 Å². The number of fused-ring (bicyclic) bond motifs is 1. The Morgan fingerprint density at radius 1 is 1.09 bits per heavy atom. The summed E-state index contributed by atoms with van der Waals surface area (Å²) in [5.41, 5.74) is 2.20. The first kappa shape index (κ1) is 14.5. The minimum atomic E-state index is -0.195. The van der Waals surface area contributed by atoms with Crippen LogP contribution >= 0.6 is 0 Å². The SMILES string of the molecule is Cc1ccc(O/C(=C\c2ccccc2)[C@]23CCCC[C@H]2O3)cc1. The van der Waals surface area contributed by atoms with E-state index in [1.54, 1.807) is 0 Å². The van der Waals surface area contributed by atoms with E-state index < -0.39 is 0 Å². The highest BCUT2D eigenvalue weighted by Crippen LogP contribution is 2.53. The summed E-state index contributed by atoms with van der Waals surface area (Å²) in [6.07, 6.45) is 7.14. The number of hydrogen-bond acceptors (Lipinski definition) is 2. The molecule has 0 radical (unpaired) electrons. The molecule has 23 heavy (non-hydrogen) atoms. The van der Waals surface area contributed by atoms with Crippen molar-refractivity contribution >= 4 is 6.08 Å². The minimum Gasteiger partial charge on any atom is -0.459 e. The van der Waals surface area contributed by atoms with Crippen molar-refractivity contribution in [2.75, 3.05) is 0 Å². The van der Waals surface area contributed by atoms with Crippen LogP contribution in [0, 0.1) is 6.92 Å². The molecular weight excluding hydrogens is 284 g/mol. The van der Waals surface area contributed by atoms with Gasteiger partial charge in [-0.3, -0.25) is 0 Å². The lowest BCUT2D eigenvalue weighted by atomic mass is 9.87. The first-order chi connectivity index (χ1) is 11.3. The van der Waals surface area contributed by atoms with Crippen molar-refractivity contribution < 1.29 is 9.47 Å². The first-order valence-electron chi connectivity index (χ1n) is 8.46. The summed E-state index contributed by atoms with van der Waals surface area (Å²) in [6, 6.07) is 18.6. The van der Waals surface area contributed by atoms with Crippen LogP contribution in [0.3, 0.4) is 0 Å². The minimum absolute atomic E-state index is 0.195. The summed E-state index contributed by atoms with van der Waals surface area (Å²) in [6.45, 7) is 2.09. The van der Waals surface area contributed by atoms with E-state index in [2.05, 4.69) is 49.4 Å². The summed E-state index contributed by atoms with van der Waals surface area (Å²) in [7, 11) is 0. The molecule has 1 saturated heterocycles. The van der Waals surface area contributed by atoms with E-state index in [0.717, 1.165) is 29.9 Å². The van der Waals surface area contributed by atoms with Crippen LogP contribution < -0.4 is 4.74 Å². The van der Waals surface area contributed by atoms with E-state index in [1.807, 2.05) is 18.2 Å². The van der Waals surface area contributed by atoms with E-state index in [-0.39, 0.29) is 5.60 Å². The molecule has 1 aliphatic heterocycles. The van der Waals surface area contributed by atoms with Crippen LogP contribution in [0.15, 0.2) is 60.4 Å². The average molecular weight is 306 g/mol. The lowest BCUT2D eigenvalue weighted by Gasteiger charge is -2.21. The highest BCUT2D eigenvalue weighted by molar-refractivity contribution is 5.56. The summed E-state index contributed by atoms with van der Waals surface area (Å²) in [5.74, 6) is 1.84. The molecule has 2 nitrogen and oxygen atoms in total. The van der Waals surface area contributed by atoms with Crippen molar-refractivity contribution in [3.8, 4) is 5.75 Å². The van der Waals surface area contributed by atoms with Crippen molar-refractivity contribution in [3.05, 3.63) is 71.5 Å². The highest BCUT2D eigenvalue weighted by atomic mass is 16.6. The maximum absolute atomic E-state index is 6.29. The van der Waals surface area contributed by atoms with E-state index >= 15 is 0 Å². The third kappa shape index (κ3) is 2.91. The number of benzene rings is 2. The maximum atomic E-state index is 6.29. The van der Waals surface area contributed by atoms with Crippen molar-refractivity contribution in [1.82, 2.24) is 0 Å². The van der Waals surface area contributed by atoms with Crippen LogP contribution in [0.25, 0.3) is 6.08 Å². The first-order valence-corrected chi connectivity index (χ1v) is 8.46. The zero-order valence-electron chi connectivity index (χ0n) is 13.5. The van der Waals surface area contributed by atoms with Gasteiger partial charge in [-0.05, 0) is 50.0 Å². The van der Waals surface area contributed by atoms with Gasteiger partial charge in [-0.1, -0.05) is 54.4 Å². The maximum Gasteiger partial charge on any atom is 0.152 e. The highest BCUT2D eigenvalue weighted by Gasteiger charge is 2.61. The Kier molecular flexibility index (Phi) is 3.70. The van der Waals surface area contributed by atoms with Crippen LogP contribution in [-0.2, 0) is 4.74 Å². The number of aryl methyl sites for hydroxylation is 1. The van der Waals surface area contributed by atoms with Gasteiger partial charge in [-0.2, -0.15) is 0 Å². The van der Waals surface area contributed by atoms with Crippen molar-refractivity contribution in [1.29, 1.82) is 0 Å².